The molecule has 2 rings (SSSR count). The molecule has 0 aromatic carbocycles. The van der Waals surface area contributed by atoms with Crippen LogP contribution in [0.15, 0.2) is 39.1 Å². The molecular weight excluding hydrogens is 368 g/mol. The van der Waals surface area contributed by atoms with Crippen LogP contribution in [0.25, 0.3) is 0 Å². The number of hydrogen-bond donors (Lipinski definition) is 2. The summed E-state index contributed by atoms with van der Waals surface area (Å²) in [5.74, 6) is -0.822. The third-order valence-corrected chi connectivity index (χ3v) is 5.77. The third kappa shape index (κ3) is 3.56. The molecule has 0 bridgehead atoms. The Kier molecular flexibility index (Phi) is 4.41. The SMILES string of the molecule is O=C(O)Cc1ccc(S(=O)(=O)Nc2ncccc2Br)s1. The number of thiophene rings is 1. The van der Waals surface area contributed by atoms with Crippen molar-refractivity contribution in [3.63, 3.8) is 0 Å². The molecule has 0 aliphatic rings. The van der Waals surface area contributed by atoms with Crippen LogP contribution in [0, 0.1) is 0 Å². The van der Waals surface area contributed by atoms with Crippen LogP contribution >= 0.6 is 27.3 Å². The van der Waals surface area contributed by atoms with E-state index in [1.165, 1.54) is 18.3 Å². The maximum Gasteiger partial charge on any atom is 0.308 e. The van der Waals surface area contributed by atoms with Crippen LogP contribution in [-0.4, -0.2) is 24.5 Å². The van der Waals surface area contributed by atoms with Crippen molar-refractivity contribution in [2.45, 2.75) is 10.6 Å². The molecule has 9 heteroatoms. The van der Waals surface area contributed by atoms with Gasteiger partial charge in [0.05, 0.1) is 10.9 Å². The maximum atomic E-state index is 12.1. The summed E-state index contributed by atoms with van der Waals surface area (Å²) in [6.07, 6.45) is 1.26. The van der Waals surface area contributed by atoms with Gasteiger partial charge in [-0.1, -0.05) is 0 Å². The molecule has 0 atom stereocenters. The van der Waals surface area contributed by atoms with Crippen LogP contribution < -0.4 is 4.72 Å². The van der Waals surface area contributed by atoms with E-state index in [4.69, 9.17) is 5.11 Å². The summed E-state index contributed by atoms with van der Waals surface area (Å²) in [7, 11) is -3.77. The van der Waals surface area contributed by atoms with Crippen molar-refractivity contribution in [3.8, 4) is 0 Å². The average molecular weight is 377 g/mol. The highest BCUT2D eigenvalue weighted by Gasteiger charge is 2.19. The van der Waals surface area contributed by atoms with Gasteiger partial charge in [-0.25, -0.2) is 13.4 Å². The topological polar surface area (TPSA) is 96.4 Å². The molecule has 0 amide bonds. The fourth-order valence-electron chi connectivity index (χ4n) is 1.39. The van der Waals surface area contributed by atoms with E-state index in [9.17, 15) is 13.2 Å². The predicted octanol–water partition coefficient (Wildman–Crippen LogP) is 2.33. The zero-order valence-electron chi connectivity index (χ0n) is 9.91. The van der Waals surface area contributed by atoms with Gasteiger partial charge in [-0.05, 0) is 40.2 Å². The first kappa shape index (κ1) is 14.9. The lowest BCUT2D eigenvalue weighted by atomic mass is 10.3. The number of aromatic nitrogens is 1. The van der Waals surface area contributed by atoms with E-state index >= 15 is 0 Å². The summed E-state index contributed by atoms with van der Waals surface area (Å²) >= 11 is 4.11. The molecule has 0 unspecified atom stereocenters. The van der Waals surface area contributed by atoms with E-state index in [-0.39, 0.29) is 16.4 Å². The molecule has 6 nitrogen and oxygen atoms in total. The standard InChI is InChI=1S/C11H9BrN2O4S2/c12-8-2-1-5-13-11(8)14-20(17,18)10-4-3-7(19-10)6-9(15)16/h1-5H,6H2,(H,13,14)(H,15,16). The monoisotopic (exact) mass is 376 g/mol. The van der Waals surface area contributed by atoms with Gasteiger partial charge < -0.3 is 5.11 Å². The van der Waals surface area contributed by atoms with Crippen LogP contribution in [0.4, 0.5) is 5.82 Å². The first-order valence-corrected chi connectivity index (χ1v) is 8.41. The number of nitrogens with zero attached hydrogens (tertiary/aromatic N) is 1. The van der Waals surface area contributed by atoms with E-state index in [1.807, 2.05) is 0 Å². The average Bonchev–Trinajstić information content (AvgIpc) is 2.80. The van der Waals surface area contributed by atoms with E-state index in [0.29, 0.717) is 9.35 Å². The summed E-state index contributed by atoms with van der Waals surface area (Å²) in [4.78, 5) is 15.0. The molecule has 0 spiro atoms. The molecule has 0 aliphatic heterocycles. The van der Waals surface area contributed by atoms with Gasteiger partial charge in [-0.3, -0.25) is 9.52 Å². The minimum Gasteiger partial charge on any atom is -0.481 e. The fourth-order valence-corrected chi connectivity index (χ4v) is 4.25. The lowest BCUT2D eigenvalue weighted by Gasteiger charge is -2.06. The summed E-state index contributed by atoms with van der Waals surface area (Å²) in [5, 5.41) is 8.68. The van der Waals surface area contributed by atoms with E-state index in [0.717, 1.165) is 11.3 Å². The Hall–Kier alpha value is -1.45. The summed E-state index contributed by atoms with van der Waals surface area (Å²) in [6.45, 7) is 0. The van der Waals surface area contributed by atoms with Gasteiger partial charge in [0.1, 0.15) is 4.21 Å². The van der Waals surface area contributed by atoms with Crippen LogP contribution in [0.1, 0.15) is 4.88 Å². The second-order valence-electron chi connectivity index (χ2n) is 3.73. The molecule has 0 fully saturated rings. The number of carboxylic acids is 1. The Labute approximate surface area is 127 Å². The lowest BCUT2D eigenvalue weighted by molar-refractivity contribution is -0.136. The van der Waals surface area contributed by atoms with E-state index in [1.54, 1.807) is 12.1 Å². The summed E-state index contributed by atoms with van der Waals surface area (Å²) in [5.41, 5.74) is 0. The van der Waals surface area contributed by atoms with Crippen molar-refractivity contribution in [1.29, 1.82) is 0 Å². The van der Waals surface area contributed by atoms with Crippen LogP contribution in [0.3, 0.4) is 0 Å². The minimum atomic E-state index is -3.77. The van der Waals surface area contributed by atoms with Crippen molar-refractivity contribution < 1.29 is 18.3 Å². The molecule has 2 aromatic heterocycles. The number of anilines is 1. The smallest absolute Gasteiger partial charge is 0.308 e. The van der Waals surface area contributed by atoms with Crippen LogP contribution in [0.5, 0.6) is 0 Å². The van der Waals surface area contributed by atoms with E-state index < -0.39 is 16.0 Å². The Bertz CT molecular complexity index is 742. The van der Waals surface area contributed by atoms with Gasteiger partial charge >= 0.3 is 5.97 Å². The number of halogens is 1. The van der Waals surface area contributed by atoms with Crippen LogP contribution in [-0.2, 0) is 21.2 Å². The number of pyridine rings is 1. The summed E-state index contributed by atoms with van der Waals surface area (Å²) < 4.78 is 27.2. The van der Waals surface area contributed by atoms with Gasteiger partial charge in [-0.15, -0.1) is 11.3 Å². The first-order valence-electron chi connectivity index (χ1n) is 5.32. The highest BCUT2D eigenvalue weighted by atomic mass is 79.9. The fraction of sp³-hybridized carbons (Fsp3) is 0.0909. The van der Waals surface area contributed by atoms with Crippen molar-refractivity contribution in [2.24, 2.45) is 0 Å². The number of aliphatic carboxylic acids is 1. The predicted molar refractivity (Wildman–Crippen MR) is 78.4 cm³/mol. The molecule has 2 N–H and O–H groups in total. The lowest BCUT2D eigenvalue weighted by Crippen LogP contribution is -2.12. The Morgan fingerprint density at radius 2 is 2.15 bits per heavy atom. The van der Waals surface area contributed by atoms with Crippen molar-refractivity contribution >= 4 is 49.1 Å². The molecule has 0 saturated carbocycles. The number of nitrogens with one attached hydrogen (secondary N) is 1. The van der Waals surface area contributed by atoms with Crippen molar-refractivity contribution in [3.05, 3.63) is 39.8 Å². The number of carbonyl (C=O) groups is 1. The number of hydrogen-bond acceptors (Lipinski definition) is 5. The van der Waals surface area contributed by atoms with Gasteiger partial charge in [-0.2, -0.15) is 0 Å². The molecule has 0 aliphatic carbocycles. The highest BCUT2D eigenvalue weighted by Crippen LogP contribution is 2.26. The van der Waals surface area contributed by atoms with Gasteiger partial charge in [0, 0.05) is 11.1 Å². The Balaban J connectivity index is 2.25. The molecular formula is C11H9BrN2O4S2. The second kappa shape index (κ2) is 5.90. The maximum absolute atomic E-state index is 12.1. The Morgan fingerprint density at radius 1 is 1.40 bits per heavy atom. The molecule has 106 valence electrons. The second-order valence-corrected chi connectivity index (χ2v) is 7.66. The minimum absolute atomic E-state index is 0.0475. The van der Waals surface area contributed by atoms with Gasteiger partial charge in [0.25, 0.3) is 10.0 Å². The third-order valence-electron chi connectivity index (χ3n) is 2.22. The zero-order chi connectivity index (χ0) is 14.8. The zero-order valence-corrected chi connectivity index (χ0v) is 13.1. The normalized spacial score (nSPS) is 11.2. The molecule has 2 aromatic rings. The number of rotatable bonds is 5. The number of sulfonamides is 1. The molecule has 0 radical (unpaired) electrons. The van der Waals surface area contributed by atoms with Crippen molar-refractivity contribution in [1.82, 2.24) is 4.98 Å². The highest BCUT2D eigenvalue weighted by molar-refractivity contribution is 9.10. The van der Waals surface area contributed by atoms with Crippen molar-refractivity contribution in [2.75, 3.05) is 4.72 Å². The molecule has 2 heterocycles. The summed E-state index contributed by atoms with van der Waals surface area (Å²) in [6, 6.07) is 6.19. The van der Waals surface area contributed by atoms with Gasteiger partial charge in [0.15, 0.2) is 5.82 Å². The number of carboxylic acid groups (broad SMARTS) is 1. The molecule has 0 saturated heterocycles. The first-order chi connectivity index (χ1) is 9.38. The molecule has 20 heavy (non-hydrogen) atoms. The largest absolute Gasteiger partial charge is 0.481 e. The van der Waals surface area contributed by atoms with E-state index in [2.05, 4.69) is 25.6 Å². The Morgan fingerprint density at radius 3 is 2.80 bits per heavy atom. The van der Waals surface area contributed by atoms with Crippen LogP contribution in [0.2, 0.25) is 0 Å². The van der Waals surface area contributed by atoms with Gasteiger partial charge in [0.2, 0.25) is 0 Å². The quantitative estimate of drug-likeness (QED) is 0.834.